The Balaban J connectivity index is 0.00000169. The molecule has 0 aromatic heterocycles. The number of hydrogen-bond acceptors (Lipinski definition) is 4. The number of amides is 3. The molecule has 2 aliphatic rings. The maximum absolute atomic E-state index is 12.7. The number of halogens is 1. The van der Waals surface area contributed by atoms with Crippen LogP contribution >= 0.6 is 12.4 Å². The number of nitrogens with one attached hydrogen (secondary N) is 1. The smallest absolute Gasteiger partial charge is 0.312 e. The zero-order valence-corrected chi connectivity index (χ0v) is 13.5. The number of carbonyl (C=O) groups is 2. The molecule has 1 N–H and O–H groups in total. The van der Waals surface area contributed by atoms with E-state index < -0.39 is 6.04 Å². The molecule has 0 spiro atoms. The third-order valence-corrected chi connectivity index (χ3v) is 4.45. The minimum absolute atomic E-state index is 0. The van der Waals surface area contributed by atoms with Crippen LogP contribution in [0.4, 0.5) is 10.5 Å². The van der Waals surface area contributed by atoms with Crippen LogP contribution in [0.15, 0.2) is 36.4 Å². The number of urea groups is 1. The van der Waals surface area contributed by atoms with Gasteiger partial charge in [-0.1, -0.05) is 24.3 Å². The first kappa shape index (κ1) is 16.2. The summed E-state index contributed by atoms with van der Waals surface area (Å²) in [5.41, 5.74) is 1.08. The fraction of sp³-hybridized carbons (Fsp3) is 0.235. The van der Waals surface area contributed by atoms with E-state index in [0.717, 1.165) is 10.8 Å². The maximum atomic E-state index is 12.7. The summed E-state index contributed by atoms with van der Waals surface area (Å²) in [6, 6.07) is 12.1. The lowest BCUT2D eigenvalue weighted by molar-refractivity contribution is -0.119. The van der Waals surface area contributed by atoms with E-state index in [-0.39, 0.29) is 24.3 Å². The van der Waals surface area contributed by atoms with Crippen LogP contribution in [0.3, 0.4) is 0 Å². The molecule has 0 radical (unpaired) electrons. The van der Waals surface area contributed by atoms with Gasteiger partial charge in [0.15, 0.2) is 0 Å². The van der Waals surface area contributed by atoms with Gasteiger partial charge in [-0.2, -0.15) is 5.26 Å². The van der Waals surface area contributed by atoms with Crippen molar-refractivity contribution in [2.45, 2.75) is 6.04 Å². The Bertz CT molecular complexity index is 853. The molecule has 4 rings (SSSR count). The number of benzene rings is 2. The quantitative estimate of drug-likeness (QED) is 0.803. The highest BCUT2D eigenvalue weighted by Gasteiger charge is 2.47. The first-order valence-electron chi connectivity index (χ1n) is 7.49. The number of imide groups is 1. The molecule has 6 nitrogen and oxygen atoms in total. The summed E-state index contributed by atoms with van der Waals surface area (Å²) in [5, 5.41) is 13.9. The lowest BCUT2D eigenvalue weighted by Crippen LogP contribution is -2.51. The fourth-order valence-electron chi connectivity index (χ4n) is 3.32. The second kappa shape index (κ2) is 6.11. The van der Waals surface area contributed by atoms with Crippen LogP contribution in [0.2, 0.25) is 0 Å². The molecule has 2 aromatic carbocycles. The van der Waals surface area contributed by atoms with Gasteiger partial charge in [-0.25, -0.2) is 9.69 Å². The predicted molar refractivity (Wildman–Crippen MR) is 92.2 cm³/mol. The SMILES string of the molecule is Cl.N#Cc1ccc(N2C(=O)C3CNCCN3C2=O)c2ccccc12. The summed E-state index contributed by atoms with van der Waals surface area (Å²) >= 11 is 0. The Morgan fingerprint density at radius 3 is 2.58 bits per heavy atom. The molecule has 3 amide bonds. The second-order valence-corrected chi connectivity index (χ2v) is 5.66. The number of rotatable bonds is 1. The summed E-state index contributed by atoms with van der Waals surface area (Å²) in [6.45, 7) is 1.70. The van der Waals surface area contributed by atoms with Gasteiger partial charge in [-0.05, 0) is 12.1 Å². The van der Waals surface area contributed by atoms with Crippen LogP contribution in [0.5, 0.6) is 0 Å². The first-order chi connectivity index (χ1) is 11.2. The van der Waals surface area contributed by atoms with E-state index in [4.69, 9.17) is 0 Å². The van der Waals surface area contributed by atoms with Crippen LogP contribution in [0.25, 0.3) is 10.8 Å². The molecule has 2 fully saturated rings. The number of nitrogens with zero attached hydrogens (tertiary/aromatic N) is 3. The van der Waals surface area contributed by atoms with Crippen molar-refractivity contribution in [3.8, 4) is 6.07 Å². The van der Waals surface area contributed by atoms with Gasteiger partial charge in [0, 0.05) is 30.4 Å². The highest BCUT2D eigenvalue weighted by atomic mass is 35.5. The topological polar surface area (TPSA) is 76.4 Å². The highest BCUT2D eigenvalue weighted by Crippen LogP contribution is 2.33. The summed E-state index contributed by atoms with van der Waals surface area (Å²) in [7, 11) is 0. The molecular formula is C17H15ClN4O2. The molecule has 2 heterocycles. The van der Waals surface area contributed by atoms with E-state index >= 15 is 0 Å². The van der Waals surface area contributed by atoms with E-state index in [1.165, 1.54) is 4.90 Å². The summed E-state index contributed by atoms with van der Waals surface area (Å²) in [4.78, 5) is 28.3. The van der Waals surface area contributed by atoms with Crippen LogP contribution in [0.1, 0.15) is 5.56 Å². The van der Waals surface area contributed by atoms with Gasteiger partial charge in [0.05, 0.1) is 17.3 Å². The average Bonchev–Trinajstić information content (AvgIpc) is 2.85. The number of nitriles is 1. The van der Waals surface area contributed by atoms with Crippen LogP contribution in [-0.2, 0) is 4.79 Å². The number of anilines is 1. The molecule has 2 aliphatic heterocycles. The van der Waals surface area contributed by atoms with Gasteiger partial charge in [-0.3, -0.25) is 4.79 Å². The minimum Gasteiger partial charge on any atom is -0.312 e. The Morgan fingerprint density at radius 1 is 1.12 bits per heavy atom. The van der Waals surface area contributed by atoms with E-state index in [2.05, 4.69) is 11.4 Å². The Labute approximate surface area is 145 Å². The molecule has 122 valence electrons. The van der Waals surface area contributed by atoms with Gasteiger partial charge in [0.1, 0.15) is 6.04 Å². The summed E-state index contributed by atoms with van der Waals surface area (Å²) < 4.78 is 0. The maximum Gasteiger partial charge on any atom is 0.332 e. The van der Waals surface area contributed by atoms with Crippen molar-refractivity contribution in [2.75, 3.05) is 24.5 Å². The van der Waals surface area contributed by atoms with Gasteiger partial charge in [0.2, 0.25) is 0 Å². The molecule has 0 saturated carbocycles. The van der Waals surface area contributed by atoms with Crippen molar-refractivity contribution in [3.05, 3.63) is 42.0 Å². The summed E-state index contributed by atoms with van der Waals surface area (Å²) in [5.74, 6) is -0.211. The second-order valence-electron chi connectivity index (χ2n) is 5.66. The van der Waals surface area contributed by atoms with Gasteiger partial charge in [-0.15, -0.1) is 12.4 Å². The average molecular weight is 343 g/mol. The molecule has 1 unspecified atom stereocenters. The summed E-state index contributed by atoms with van der Waals surface area (Å²) in [6.07, 6.45) is 0. The highest BCUT2D eigenvalue weighted by molar-refractivity contribution is 6.24. The van der Waals surface area contributed by atoms with Crippen molar-refractivity contribution in [1.82, 2.24) is 10.2 Å². The fourth-order valence-corrected chi connectivity index (χ4v) is 3.32. The van der Waals surface area contributed by atoms with Crippen LogP contribution in [0, 0.1) is 11.3 Å². The first-order valence-corrected chi connectivity index (χ1v) is 7.49. The lowest BCUT2D eigenvalue weighted by Gasteiger charge is -2.26. The van der Waals surface area contributed by atoms with E-state index in [1.54, 1.807) is 17.0 Å². The Morgan fingerprint density at radius 2 is 1.88 bits per heavy atom. The molecule has 1 atom stereocenters. The largest absolute Gasteiger partial charge is 0.332 e. The van der Waals surface area contributed by atoms with Crippen LogP contribution < -0.4 is 10.2 Å². The zero-order valence-electron chi connectivity index (χ0n) is 12.7. The molecule has 0 bridgehead atoms. The number of fused-ring (bicyclic) bond motifs is 2. The molecule has 2 aromatic rings. The predicted octanol–water partition coefficient (Wildman–Crippen LogP) is 1.87. The van der Waals surface area contributed by atoms with E-state index in [9.17, 15) is 14.9 Å². The third-order valence-electron chi connectivity index (χ3n) is 4.45. The molecule has 2 saturated heterocycles. The number of piperazine rings is 1. The Kier molecular flexibility index (Phi) is 4.14. The van der Waals surface area contributed by atoms with Gasteiger partial charge in [0.25, 0.3) is 5.91 Å². The molecule has 7 heteroatoms. The zero-order chi connectivity index (χ0) is 16.0. The monoisotopic (exact) mass is 342 g/mol. The van der Waals surface area contributed by atoms with Crippen molar-refractivity contribution >= 4 is 40.8 Å². The van der Waals surface area contributed by atoms with E-state index in [0.29, 0.717) is 30.9 Å². The Hall–Kier alpha value is -2.62. The van der Waals surface area contributed by atoms with Crippen molar-refractivity contribution in [2.24, 2.45) is 0 Å². The van der Waals surface area contributed by atoms with Crippen molar-refractivity contribution in [3.63, 3.8) is 0 Å². The normalized spacial score (nSPS) is 19.9. The number of hydrogen-bond donors (Lipinski definition) is 1. The molecule has 24 heavy (non-hydrogen) atoms. The van der Waals surface area contributed by atoms with Crippen molar-refractivity contribution in [1.29, 1.82) is 5.26 Å². The lowest BCUT2D eigenvalue weighted by atomic mass is 10.0. The standard InChI is InChI=1S/C17H14N4O2.ClH/c18-9-11-5-6-14(13-4-2-1-3-12(11)13)21-16(22)15-10-19-7-8-20(15)17(21)23;/h1-6,15,19H,7-8,10H2;1H. The van der Waals surface area contributed by atoms with E-state index in [1.807, 2.05) is 24.3 Å². The number of carbonyl (C=O) groups excluding carboxylic acids is 2. The van der Waals surface area contributed by atoms with Gasteiger partial charge >= 0.3 is 6.03 Å². The van der Waals surface area contributed by atoms with Crippen LogP contribution in [-0.4, -0.2) is 42.5 Å². The third kappa shape index (κ3) is 2.21. The molecule has 0 aliphatic carbocycles. The van der Waals surface area contributed by atoms with Crippen molar-refractivity contribution < 1.29 is 9.59 Å². The molecular weight excluding hydrogens is 328 g/mol. The minimum atomic E-state index is -0.439. The van der Waals surface area contributed by atoms with Gasteiger partial charge < -0.3 is 10.2 Å².